The number of nitrogens with zero attached hydrogens (tertiary/aromatic N) is 3. The molecule has 1 aromatic rings. The predicted molar refractivity (Wildman–Crippen MR) is 67.6 cm³/mol. The van der Waals surface area contributed by atoms with Crippen LogP contribution in [0.25, 0.3) is 0 Å². The average Bonchev–Trinajstić information content (AvgIpc) is 2.78. The van der Waals surface area contributed by atoms with Crippen molar-refractivity contribution in [3.05, 3.63) is 30.9 Å². The fraction of sp³-hybridized carbons (Fsp3) is 0.455. The van der Waals surface area contributed by atoms with Crippen LogP contribution < -0.4 is 10.5 Å². The third-order valence-electron chi connectivity index (χ3n) is 2.10. The molecule has 1 rings (SSSR count). The minimum Gasteiger partial charge on any atom is -0.475 e. The van der Waals surface area contributed by atoms with Gasteiger partial charge in [-0.15, -0.1) is 6.58 Å². The molecule has 2 N–H and O–H groups in total. The van der Waals surface area contributed by atoms with Crippen LogP contribution in [0.2, 0.25) is 0 Å². The van der Waals surface area contributed by atoms with Crippen LogP contribution in [-0.4, -0.2) is 35.8 Å². The first kappa shape index (κ1) is 13.2. The van der Waals surface area contributed by atoms with E-state index >= 15 is 0 Å². The van der Waals surface area contributed by atoms with Gasteiger partial charge in [0.05, 0.1) is 6.61 Å². The second-order valence-electron chi connectivity index (χ2n) is 3.39. The molecular formula is C11H19N5O. The van der Waals surface area contributed by atoms with E-state index in [0.29, 0.717) is 18.9 Å². The van der Waals surface area contributed by atoms with Crippen molar-refractivity contribution in [3.63, 3.8) is 0 Å². The molecule has 0 aliphatic heterocycles. The quantitative estimate of drug-likeness (QED) is 0.243. The number of nitrogens with one attached hydrogen (secondary N) is 2. The van der Waals surface area contributed by atoms with Crippen LogP contribution in [0.4, 0.5) is 0 Å². The lowest BCUT2D eigenvalue weighted by atomic mass is 10.4. The van der Waals surface area contributed by atoms with Crippen LogP contribution in [0, 0.1) is 5.41 Å². The summed E-state index contributed by atoms with van der Waals surface area (Å²) in [7, 11) is 1.85. The van der Waals surface area contributed by atoms with Crippen LogP contribution >= 0.6 is 0 Å². The third kappa shape index (κ3) is 3.60. The van der Waals surface area contributed by atoms with Gasteiger partial charge in [0.2, 0.25) is 5.82 Å². The Morgan fingerprint density at radius 2 is 2.53 bits per heavy atom. The number of imidazole rings is 1. The fourth-order valence-corrected chi connectivity index (χ4v) is 1.32. The van der Waals surface area contributed by atoms with Gasteiger partial charge in [-0.1, -0.05) is 13.0 Å². The molecule has 1 aromatic heterocycles. The van der Waals surface area contributed by atoms with E-state index in [4.69, 9.17) is 10.1 Å². The molecule has 0 atom stereocenters. The van der Waals surface area contributed by atoms with Crippen molar-refractivity contribution in [3.8, 4) is 0 Å². The second-order valence-corrected chi connectivity index (χ2v) is 3.39. The molecule has 0 bridgehead atoms. The minimum atomic E-state index is 0.0570. The molecule has 0 aliphatic rings. The Labute approximate surface area is 101 Å². The topological polar surface area (TPSA) is 66.2 Å². The van der Waals surface area contributed by atoms with Crippen LogP contribution in [-0.2, 0) is 4.74 Å². The van der Waals surface area contributed by atoms with Crippen molar-refractivity contribution in [2.45, 2.75) is 13.3 Å². The highest BCUT2D eigenvalue weighted by Gasteiger charge is 2.12. The maximum absolute atomic E-state index is 7.80. The van der Waals surface area contributed by atoms with Gasteiger partial charge in [0, 0.05) is 26.0 Å². The summed E-state index contributed by atoms with van der Waals surface area (Å²) in [6.45, 7) is 6.83. The van der Waals surface area contributed by atoms with Crippen LogP contribution in [0.15, 0.2) is 25.0 Å². The highest BCUT2D eigenvalue weighted by molar-refractivity contribution is 5.87. The molecule has 94 valence electrons. The van der Waals surface area contributed by atoms with E-state index in [0.717, 1.165) is 6.54 Å². The zero-order valence-corrected chi connectivity index (χ0v) is 10.3. The summed E-state index contributed by atoms with van der Waals surface area (Å²) in [6, 6.07) is 0. The molecule has 0 saturated heterocycles. The normalized spacial score (nSPS) is 10.0. The number of hydrazine groups is 1. The first-order valence-corrected chi connectivity index (χ1v) is 5.54. The summed E-state index contributed by atoms with van der Waals surface area (Å²) in [5.74, 6) is 0.527. The molecule has 6 heteroatoms. The summed E-state index contributed by atoms with van der Waals surface area (Å²) in [4.78, 5) is 4.10. The zero-order valence-electron chi connectivity index (χ0n) is 10.3. The molecule has 0 saturated carbocycles. The van der Waals surface area contributed by atoms with Gasteiger partial charge < -0.3 is 4.74 Å². The SMILES string of the molecule is C=CCCOC(=N)c1nccn1N(C)NCC. The first-order chi connectivity index (χ1) is 8.20. The fourth-order valence-electron chi connectivity index (χ4n) is 1.32. The van der Waals surface area contributed by atoms with Crippen molar-refractivity contribution < 1.29 is 4.74 Å². The Morgan fingerprint density at radius 3 is 3.18 bits per heavy atom. The van der Waals surface area contributed by atoms with Crippen molar-refractivity contribution in [1.82, 2.24) is 15.1 Å². The lowest BCUT2D eigenvalue weighted by molar-refractivity contribution is 0.306. The number of hydrogen-bond donors (Lipinski definition) is 2. The van der Waals surface area contributed by atoms with Gasteiger partial charge in [0.25, 0.3) is 5.90 Å². The van der Waals surface area contributed by atoms with Crippen molar-refractivity contribution >= 4 is 5.90 Å². The van der Waals surface area contributed by atoms with Crippen LogP contribution in [0.5, 0.6) is 0 Å². The van der Waals surface area contributed by atoms with Crippen LogP contribution in [0.3, 0.4) is 0 Å². The number of aromatic nitrogens is 2. The molecule has 0 amide bonds. The molecule has 0 fully saturated rings. The Bertz CT molecular complexity index is 374. The highest BCUT2D eigenvalue weighted by Crippen LogP contribution is 2.00. The van der Waals surface area contributed by atoms with E-state index in [1.54, 1.807) is 28.3 Å². The first-order valence-electron chi connectivity index (χ1n) is 5.54. The number of ether oxygens (including phenoxy) is 1. The van der Waals surface area contributed by atoms with E-state index in [-0.39, 0.29) is 5.90 Å². The molecule has 0 unspecified atom stereocenters. The zero-order chi connectivity index (χ0) is 12.7. The van der Waals surface area contributed by atoms with Gasteiger partial charge in [-0.3, -0.25) is 5.41 Å². The Hall–Kier alpha value is -1.82. The van der Waals surface area contributed by atoms with E-state index in [2.05, 4.69) is 17.0 Å². The molecule has 0 spiro atoms. The molecule has 1 heterocycles. The summed E-state index contributed by atoms with van der Waals surface area (Å²) < 4.78 is 6.99. The third-order valence-corrected chi connectivity index (χ3v) is 2.10. The predicted octanol–water partition coefficient (Wildman–Crippen LogP) is 0.893. The van der Waals surface area contributed by atoms with Gasteiger partial charge in [0.1, 0.15) is 0 Å². The lowest BCUT2D eigenvalue weighted by Crippen LogP contribution is -2.44. The van der Waals surface area contributed by atoms with Crippen LogP contribution in [0.1, 0.15) is 19.2 Å². The molecular weight excluding hydrogens is 218 g/mol. The van der Waals surface area contributed by atoms with Crippen molar-refractivity contribution in [2.24, 2.45) is 0 Å². The molecule has 0 radical (unpaired) electrons. The minimum absolute atomic E-state index is 0.0570. The van der Waals surface area contributed by atoms with E-state index in [1.807, 2.05) is 14.0 Å². The smallest absolute Gasteiger partial charge is 0.252 e. The monoisotopic (exact) mass is 237 g/mol. The highest BCUT2D eigenvalue weighted by atomic mass is 16.5. The summed E-state index contributed by atoms with van der Waals surface area (Å²) in [5.41, 5.74) is 3.10. The second kappa shape index (κ2) is 6.70. The standard InChI is InChI=1S/C11H19N5O/c1-4-6-9-17-10(12)11-13-7-8-16(11)15(3)14-5-2/h4,7-8,12,14H,1,5-6,9H2,2-3H3. The number of rotatable bonds is 7. The van der Waals surface area contributed by atoms with Gasteiger partial charge in [-0.05, 0) is 6.42 Å². The van der Waals surface area contributed by atoms with E-state index < -0.39 is 0 Å². The summed E-state index contributed by atoms with van der Waals surface area (Å²) in [6.07, 6.45) is 5.87. The maximum Gasteiger partial charge on any atom is 0.252 e. The lowest BCUT2D eigenvalue weighted by Gasteiger charge is -2.22. The van der Waals surface area contributed by atoms with E-state index in [9.17, 15) is 0 Å². The largest absolute Gasteiger partial charge is 0.475 e. The molecule has 0 aliphatic carbocycles. The summed E-state index contributed by atoms with van der Waals surface area (Å²) in [5, 5.41) is 9.55. The van der Waals surface area contributed by atoms with E-state index in [1.165, 1.54) is 0 Å². The van der Waals surface area contributed by atoms with Gasteiger partial charge in [0.15, 0.2) is 0 Å². The maximum atomic E-state index is 7.80. The molecule has 17 heavy (non-hydrogen) atoms. The molecule has 6 nitrogen and oxygen atoms in total. The molecule has 0 aromatic carbocycles. The number of hydrogen-bond acceptors (Lipinski definition) is 5. The van der Waals surface area contributed by atoms with Gasteiger partial charge >= 0.3 is 0 Å². The Morgan fingerprint density at radius 1 is 1.76 bits per heavy atom. The summed E-state index contributed by atoms with van der Waals surface area (Å²) >= 11 is 0. The average molecular weight is 237 g/mol. The van der Waals surface area contributed by atoms with Gasteiger partial charge in [-0.25, -0.2) is 20.2 Å². The Kier molecular flexibility index (Phi) is 5.22. The van der Waals surface area contributed by atoms with Crippen molar-refractivity contribution in [1.29, 1.82) is 5.41 Å². The van der Waals surface area contributed by atoms with Gasteiger partial charge in [-0.2, -0.15) is 0 Å². The Balaban J connectivity index is 2.66. The van der Waals surface area contributed by atoms with Crippen molar-refractivity contribution in [2.75, 3.05) is 25.3 Å².